The standard InChI is InChI=1S/C13H12Cl3NO4/c14-13(15,16)11(19)10(18)6-8-3-1-7(2-4-8)5-9(17)12(20)21/h1-4,9H,5-6,17H2,(H,20,21). The number of carboxylic acids is 1. The summed E-state index contributed by atoms with van der Waals surface area (Å²) >= 11 is 16.0. The lowest BCUT2D eigenvalue weighted by Gasteiger charge is -2.09. The van der Waals surface area contributed by atoms with Crippen LogP contribution in [-0.4, -0.2) is 32.5 Å². The molecular formula is C13H12Cl3NO4. The number of Topliss-reactive ketones (excluding diaryl/α,β-unsaturated/α-hetero) is 2. The fourth-order valence-electron chi connectivity index (χ4n) is 1.56. The van der Waals surface area contributed by atoms with Gasteiger partial charge in [0.15, 0.2) is 0 Å². The molecule has 0 spiro atoms. The predicted molar refractivity (Wildman–Crippen MR) is 79.8 cm³/mol. The number of carbonyl (C=O) groups is 3. The number of alkyl halides is 3. The van der Waals surface area contributed by atoms with Crippen molar-refractivity contribution in [1.29, 1.82) is 0 Å². The average molecular weight is 353 g/mol. The van der Waals surface area contributed by atoms with E-state index < -0.39 is 27.4 Å². The number of hydrogen-bond acceptors (Lipinski definition) is 4. The molecule has 0 aliphatic carbocycles. The normalized spacial score (nSPS) is 12.8. The maximum absolute atomic E-state index is 11.6. The molecule has 0 aliphatic rings. The fourth-order valence-corrected chi connectivity index (χ4v) is 1.87. The summed E-state index contributed by atoms with van der Waals surface area (Å²) in [5, 5.41) is 8.71. The third kappa shape index (κ3) is 5.63. The molecule has 1 rings (SSSR count). The lowest BCUT2D eigenvalue weighted by atomic mass is 10.0. The van der Waals surface area contributed by atoms with Crippen molar-refractivity contribution in [3.63, 3.8) is 0 Å². The van der Waals surface area contributed by atoms with Gasteiger partial charge in [-0.05, 0) is 17.5 Å². The topological polar surface area (TPSA) is 97.5 Å². The Hall–Kier alpha value is -1.14. The molecule has 1 aromatic carbocycles. The number of carboxylic acid groups (broad SMARTS) is 1. The Morgan fingerprint density at radius 3 is 2.00 bits per heavy atom. The summed E-state index contributed by atoms with van der Waals surface area (Å²) in [5.74, 6) is -3.00. The number of ketones is 2. The molecule has 5 nitrogen and oxygen atoms in total. The van der Waals surface area contributed by atoms with Crippen molar-refractivity contribution < 1.29 is 19.5 Å². The van der Waals surface area contributed by atoms with Crippen molar-refractivity contribution >= 4 is 52.3 Å². The summed E-state index contributed by atoms with van der Waals surface area (Å²) in [4.78, 5) is 33.7. The smallest absolute Gasteiger partial charge is 0.320 e. The molecule has 114 valence electrons. The molecule has 1 unspecified atom stereocenters. The Balaban J connectivity index is 2.69. The number of aliphatic carboxylic acids is 1. The minimum atomic E-state index is -2.26. The quantitative estimate of drug-likeness (QED) is 0.600. The molecule has 0 heterocycles. The van der Waals surface area contributed by atoms with Crippen molar-refractivity contribution in [2.75, 3.05) is 0 Å². The second-order valence-corrected chi connectivity index (χ2v) is 6.67. The molecule has 0 amide bonds. The van der Waals surface area contributed by atoms with Crippen LogP contribution < -0.4 is 5.73 Å². The first-order valence-electron chi connectivity index (χ1n) is 5.82. The highest BCUT2D eigenvalue weighted by molar-refractivity contribution is 6.81. The Kier molecular flexibility index (Phi) is 6.16. The molecular weight excluding hydrogens is 341 g/mol. The summed E-state index contributed by atoms with van der Waals surface area (Å²) < 4.78 is -2.26. The van der Waals surface area contributed by atoms with E-state index in [2.05, 4.69) is 0 Å². The molecule has 0 saturated carbocycles. The van der Waals surface area contributed by atoms with E-state index in [1.165, 1.54) is 0 Å². The van der Waals surface area contributed by atoms with Crippen molar-refractivity contribution in [3.05, 3.63) is 35.4 Å². The zero-order chi connectivity index (χ0) is 16.2. The van der Waals surface area contributed by atoms with Gasteiger partial charge in [0.1, 0.15) is 6.04 Å². The maximum Gasteiger partial charge on any atom is 0.320 e. The van der Waals surface area contributed by atoms with Crippen LogP contribution in [0, 0.1) is 0 Å². The first-order chi connectivity index (χ1) is 9.61. The summed E-state index contributed by atoms with van der Waals surface area (Å²) in [6.07, 6.45) is -0.0331. The van der Waals surface area contributed by atoms with Gasteiger partial charge >= 0.3 is 5.97 Å². The van der Waals surface area contributed by atoms with E-state index in [-0.39, 0.29) is 12.8 Å². The van der Waals surface area contributed by atoms with Crippen LogP contribution in [-0.2, 0) is 27.2 Å². The minimum absolute atomic E-state index is 0.163. The molecule has 3 N–H and O–H groups in total. The van der Waals surface area contributed by atoms with E-state index in [1.54, 1.807) is 24.3 Å². The number of carbonyl (C=O) groups excluding carboxylic acids is 2. The zero-order valence-electron chi connectivity index (χ0n) is 10.7. The van der Waals surface area contributed by atoms with E-state index in [0.717, 1.165) is 0 Å². The molecule has 0 bridgehead atoms. The van der Waals surface area contributed by atoms with Gasteiger partial charge in [0.2, 0.25) is 11.6 Å². The Morgan fingerprint density at radius 2 is 1.57 bits per heavy atom. The van der Waals surface area contributed by atoms with E-state index in [4.69, 9.17) is 45.6 Å². The van der Waals surface area contributed by atoms with Crippen LogP contribution in [0.15, 0.2) is 24.3 Å². The first-order valence-corrected chi connectivity index (χ1v) is 6.95. The van der Waals surface area contributed by atoms with Crippen molar-refractivity contribution in [1.82, 2.24) is 0 Å². The molecule has 8 heteroatoms. The van der Waals surface area contributed by atoms with Crippen LogP contribution in [0.25, 0.3) is 0 Å². The van der Waals surface area contributed by atoms with Crippen LogP contribution in [0.1, 0.15) is 11.1 Å². The fraction of sp³-hybridized carbons (Fsp3) is 0.308. The van der Waals surface area contributed by atoms with Crippen molar-refractivity contribution in [2.24, 2.45) is 5.73 Å². The lowest BCUT2D eigenvalue weighted by Crippen LogP contribution is -2.32. The Morgan fingerprint density at radius 1 is 1.10 bits per heavy atom. The van der Waals surface area contributed by atoms with Gasteiger partial charge in [0.05, 0.1) is 0 Å². The Labute approximate surface area is 136 Å². The second-order valence-electron chi connectivity index (χ2n) is 4.39. The van der Waals surface area contributed by atoms with Gasteiger partial charge in [-0.15, -0.1) is 0 Å². The van der Waals surface area contributed by atoms with Gasteiger partial charge < -0.3 is 10.8 Å². The SMILES string of the molecule is NC(Cc1ccc(CC(=O)C(=O)C(Cl)(Cl)Cl)cc1)C(=O)O. The number of benzene rings is 1. The maximum atomic E-state index is 11.6. The first kappa shape index (κ1) is 17.9. The second kappa shape index (κ2) is 7.22. The summed E-state index contributed by atoms with van der Waals surface area (Å²) in [5.41, 5.74) is 6.67. The summed E-state index contributed by atoms with van der Waals surface area (Å²) in [7, 11) is 0. The molecule has 0 fully saturated rings. The highest BCUT2D eigenvalue weighted by Gasteiger charge is 2.35. The predicted octanol–water partition coefficient (Wildman–Crippen LogP) is 1.69. The molecule has 0 saturated heterocycles. The Bertz CT molecular complexity index is 552. The molecule has 21 heavy (non-hydrogen) atoms. The number of nitrogens with two attached hydrogens (primary N) is 1. The van der Waals surface area contributed by atoms with E-state index in [0.29, 0.717) is 11.1 Å². The third-order valence-corrected chi connectivity index (χ3v) is 3.19. The molecule has 1 atom stereocenters. The molecule has 1 aromatic rings. The van der Waals surface area contributed by atoms with E-state index in [1.807, 2.05) is 0 Å². The van der Waals surface area contributed by atoms with E-state index in [9.17, 15) is 14.4 Å². The highest BCUT2D eigenvalue weighted by atomic mass is 35.6. The average Bonchev–Trinajstić information content (AvgIpc) is 2.38. The summed E-state index contributed by atoms with van der Waals surface area (Å²) in [6.45, 7) is 0. The number of halogens is 3. The van der Waals surface area contributed by atoms with E-state index >= 15 is 0 Å². The highest BCUT2D eigenvalue weighted by Crippen LogP contribution is 2.27. The zero-order valence-corrected chi connectivity index (χ0v) is 13.0. The lowest BCUT2D eigenvalue weighted by molar-refractivity contribution is -0.138. The number of rotatable bonds is 6. The van der Waals surface area contributed by atoms with Gasteiger partial charge in [0, 0.05) is 6.42 Å². The van der Waals surface area contributed by atoms with Crippen LogP contribution in [0.5, 0.6) is 0 Å². The summed E-state index contributed by atoms with van der Waals surface area (Å²) in [6, 6.07) is 5.45. The van der Waals surface area contributed by atoms with Crippen LogP contribution in [0.3, 0.4) is 0 Å². The molecule has 0 aliphatic heterocycles. The monoisotopic (exact) mass is 351 g/mol. The van der Waals surface area contributed by atoms with Gasteiger partial charge in [0.25, 0.3) is 3.79 Å². The molecule has 0 aromatic heterocycles. The third-order valence-electron chi connectivity index (χ3n) is 2.67. The van der Waals surface area contributed by atoms with Crippen LogP contribution in [0.4, 0.5) is 0 Å². The van der Waals surface area contributed by atoms with Gasteiger partial charge in [-0.1, -0.05) is 59.1 Å². The number of hydrogen-bond donors (Lipinski definition) is 2. The van der Waals surface area contributed by atoms with Crippen LogP contribution >= 0.6 is 34.8 Å². The van der Waals surface area contributed by atoms with Gasteiger partial charge in [-0.2, -0.15) is 0 Å². The van der Waals surface area contributed by atoms with Crippen LogP contribution in [0.2, 0.25) is 0 Å². The van der Waals surface area contributed by atoms with Gasteiger partial charge in [-0.3, -0.25) is 14.4 Å². The largest absolute Gasteiger partial charge is 0.480 e. The molecule has 0 radical (unpaired) electrons. The van der Waals surface area contributed by atoms with Crippen molar-refractivity contribution in [2.45, 2.75) is 22.7 Å². The minimum Gasteiger partial charge on any atom is -0.480 e. The van der Waals surface area contributed by atoms with Gasteiger partial charge in [-0.25, -0.2) is 0 Å². The van der Waals surface area contributed by atoms with Crippen molar-refractivity contribution in [3.8, 4) is 0 Å².